The van der Waals surface area contributed by atoms with Crippen LogP contribution in [0.2, 0.25) is 0 Å². The summed E-state index contributed by atoms with van der Waals surface area (Å²) in [5.74, 6) is 0. The molecule has 3 heterocycles. The average Bonchev–Trinajstić information content (AvgIpc) is 3.73. The van der Waals surface area contributed by atoms with E-state index < -0.39 is 7.14 Å². The van der Waals surface area contributed by atoms with Gasteiger partial charge in [-0.3, -0.25) is 0 Å². The van der Waals surface area contributed by atoms with Gasteiger partial charge in [0.1, 0.15) is 0 Å². The van der Waals surface area contributed by atoms with Crippen molar-refractivity contribution in [3.05, 3.63) is 164 Å². The fourth-order valence-electron chi connectivity index (χ4n) is 7.80. The van der Waals surface area contributed by atoms with Crippen LogP contribution >= 0.6 is 7.14 Å². The van der Waals surface area contributed by atoms with Crippen LogP contribution in [0.4, 0.5) is 0 Å². The van der Waals surface area contributed by atoms with Crippen molar-refractivity contribution in [3.8, 4) is 22.5 Å². The van der Waals surface area contributed by atoms with Crippen molar-refractivity contribution in [2.45, 2.75) is 0 Å². The zero-order valence-electron chi connectivity index (χ0n) is 24.8. The summed E-state index contributed by atoms with van der Waals surface area (Å²) in [5, 5.41) is 7.47. The summed E-state index contributed by atoms with van der Waals surface area (Å²) in [6.45, 7) is 0. The average molecular weight is 607 g/mol. The van der Waals surface area contributed by atoms with Gasteiger partial charge in [0.05, 0.1) is 22.1 Å². The van der Waals surface area contributed by atoms with Crippen LogP contribution in [0.3, 0.4) is 0 Å². The van der Waals surface area contributed by atoms with Crippen molar-refractivity contribution >= 4 is 66.7 Å². The lowest BCUT2D eigenvalue weighted by Gasteiger charge is -2.16. The zero-order chi connectivity index (χ0) is 30.4. The van der Waals surface area contributed by atoms with E-state index in [4.69, 9.17) is 0 Å². The smallest absolute Gasteiger partial charge is 0.172 e. The Morgan fingerprint density at radius 1 is 0.413 bits per heavy atom. The van der Waals surface area contributed by atoms with E-state index in [0.29, 0.717) is 0 Å². The number of para-hydroxylation sites is 3. The number of hydrogen-bond donors (Lipinski definition) is 0. The van der Waals surface area contributed by atoms with Crippen LogP contribution in [0.1, 0.15) is 0 Å². The van der Waals surface area contributed by atoms with Crippen molar-refractivity contribution < 1.29 is 4.57 Å². The van der Waals surface area contributed by atoms with Gasteiger partial charge in [-0.15, -0.1) is 0 Å². The molecule has 1 aliphatic rings. The number of aromatic nitrogens is 2. The van der Waals surface area contributed by atoms with Crippen molar-refractivity contribution in [1.82, 2.24) is 9.13 Å². The quantitative estimate of drug-likeness (QED) is 0.184. The Balaban J connectivity index is 1.34. The van der Waals surface area contributed by atoms with E-state index >= 15 is 4.57 Å². The highest BCUT2D eigenvalue weighted by molar-refractivity contribution is 7.86. The molecule has 1 atom stereocenters. The molecule has 7 aromatic carbocycles. The van der Waals surface area contributed by atoms with Crippen LogP contribution in [0, 0.1) is 0 Å². The van der Waals surface area contributed by atoms with Crippen LogP contribution in [-0.4, -0.2) is 9.13 Å². The monoisotopic (exact) mass is 606 g/mol. The van der Waals surface area contributed by atoms with Crippen LogP contribution < -0.4 is 15.9 Å². The summed E-state index contributed by atoms with van der Waals surface area (Å²) in [6, 6.07) is 57.3. The molecular weight excluding hydrogens is 579 g/mol. The second kappa shape index (κ2) is 9.44. The lowest BCUT2D eigenvalue weighted by Crippen LogP contribution is -2.20. The lowest BCUT2D eigenvalue weighted by atomic mass is 10.0. The Kier molecular flexibility index (Phi) is 5.27. The molecule has 1 unspecified atom stereocenters. The minimum absolute atomic E-state index is 0.873. The van der Waals surface area contributed by atoms with Gasteiger partial charge in [0.2, 0.25) is 0 Å². The molecule has 0 saturated heterocycles. The second-order valence-electron chi connectivity index (χ2n) is 12.1. The number of nitrogens with zero attached hydrogens (tertiary/aromatic N) is 2. The highest BCUT2D eigenvalue weighted by Crippen LogP contribution is 2.54. The molecule has 10 rings (SSSR count). The molecule has 0 radical (unpaired) electrons. The number of rotatable bonds is 3. The highest BCUT2D eigenvalue weighted by Gasteiger charge is 2.41. The maximum atomic E-state index is 15.4. The Hall–Kier alpha value is -5.63. The van der Waals surface area contributed by atoms with Crippen LogP contribution in [0.5, 0.6) is 0 Å². The summed E-state index contributed by atoms with van der Waals surface area (Å²) in [6.07, 6.45) is 0. The van der Waals surface area contributed by atoms with Gasteiger partial charge in [-0.25, -0.2) is 0 Å². The third-order valence-corrected chi connectivity index (χ3v) is 12.9. The molecule has 9 aromatic rings. The minimum atomic E-state index is -3.08. The van der Waals surface area contributed by atoms with Gasteiger partial charge < -0.3 is 13.7 Å². The van der Waals surface area contributed by atoms with Crippen molar-refractivity contribution in [2.75, 3.05) is 0 Å². The van der Waals surface area contributed by atoms with E-state index in [1.165, 1.54) is 27.2 Å². The highest BCUT2D eigenvalue weighted by atomic mass is 31.2. The molecule has 0 N–H and O–H groups in total. The van der Waals surface area contributed by atoms with Gasteiger partial charge in [0.25, 0.3) is 0 Å². The van der Waals surface area contributed by atoms with Crippen molar-refractivity contribution in [3.63, 3.8) is 0 Å². The largest absolute Gasteiger partial charge is 0.309 e. The molecule has 216 valence electrons. The number of hydrogen-bond acceptors (Lipinski definition) is 1. The van der Waals surface area contributed by atoms with E-state index in [-0.39, 0.29) is 0 Å². The first-order valence-electron chi connectivity index (χ1n) is 15.6. The van der Waals surface area contributed by atoms with Gasteiger partial charge in [0, 0.05) is 54.4 Å². The van der Waals surface area contributed by atoms with E-state index in [1.807, 2.05) is 36.4 Å². The van der Waals surface area contributed by atoms with Crippen LogP contribution in [0.15, 0.2) is 164 Å². The van der Waals surface area contributed by atoms with Crippen LogP contribution in [-0.2, 0) is 4.57 Å². The third-order valence-electron chi connectivity index (χ3n) is 9.72. The molecule has 1 aliphatic heterocycles. The molecule has 0 amide bonds. The third kappa shape index (κ3) is 3.30. The first-order valence-corrected chi connectivity index (χ1v) is 17.4. The SMILES string of the molecule is O=P1(c2ccccc2)c2ccccc2-c2c1ccc1c3ccccc3n(-c3ccc4c(c3)c3ccccc3n4-c3ccccc3)c21. The molecule has 4 heteroatoms. The van der Waals surface area contributed by atoms with E-state index in [0.717, 1.165) is 54.8 Å². The molecule has 2 aromatic heterocycles. The standard InChI is InChI=1S/C42H27N2OP/c45-46(30-15-5-2-6-16-30)39-22-12-9-19-34(39)41-40(46)26-24-33-31-17-7-11-21-37(31)44(42(33)41)29-23-25-38-35(27-29)32-18-8-10-20-36(32)43(38)28-13-3-1-4-14-28/h1-27H. The molecule has 3 nitrogen and oxygen atoms in total. The topological polar surface area (TPSA) is 26.9 Å². The summed E-state index contributed by atoms with van der Waals surface area (Å²) < 4.78 is 20.2. The first kappa shape index (κ1) is 25.7. The normalized spacial score (nSPS) is 15.6. The van der Waals surface area contributed by atoms with E-state index in [2.05, 4.69) is 137 Å². The molecule has 0 spiro atoms. The Labute approximate surface area is 266 Å². The van der Waals surface area contributed by atoms with Gasteiger partial charge in [-0.05, 0) is 54.1 Å². The van der Waals surface area contributed by atoms with Gasteiger partial charge in [-0.1, -0.05) is 115 Å². The summed E-state index contributed by atoms with van der Waals surface area (Å²) in [7, 11) is -3.08. The second-order valence-corrected chi connectivity index (χ2v) is 14.8. The first-order chi connectivity index (χ1) is 22.7. The van der Waals surface area contributed by atoms with Crippen LogP contribution in [0.25, 0.3) is 66.1 Å². The van der Waals surface area contributed by atoms with Gasteiger partial charge in [0.15, 0.2) is 7.14 Å². The molecule has 46 heavy (non-hydrogen) atoms. The minimum Gasteiger partial charge on any atom is -0.309 e. The zero-order valence-corrected chi connectivity index (χ0v) is 25.7. The molecule has 0 aliphatic carbocycles. The van der Waals surface area contributed by atoms with E-state index in [9.17, 15) is 0 Å². The summed E-state index contributed by atoms with van der Waals surface area (Å²) in [5.41, 5.74) is 8.94. The Morgan fingerprint density at radius 3 is 1.80 bits per heavy atom. The summed E-state index contributed by atoms with van der Waals surface area (Å²) >= 11 is 0. The van der Waals surface area contributed by atoms with Gasteiger partial charge in [-0.2, -0.15) is 0 Å². The maximum Gasteiger partial charge on any atom is 0.172 e. The lowest BCUT2D eigenvalue weighted by molar-refractivity contribution is 0.593. The fourth-order valence-corrected chi connectivity index (χ4v) is 10.9. The predicted molar refractivity (Wildman–Crippen MR) is 194 cm³/mol. The van der Waals surface area contributed by atoms with Crippen molar-refractivity contribution in [2.24, 2.45) is 0 Å². The number of fused-ring (bicyclic) bond motifs is 10. The van der Waals surface area contributed by atoms with E-state index in [1.54, 1.807) is 0 Å². The molecule has 0 bridgehead atoms. The Morgan fingerprint density at radius 2 is 1.02 bits per heavy atom. The maximum absolute atomic E-state index is 15.4. The van der Waals surface area contributed by atoms with Gasteiger partial charge >= 0.3 is 0 Å². The molecular formula is C42H27N2OP. The fraction of sp³-hybridized carbons (Fsp3) is 0. The molecule has 0 saturated carbocycles. The van der Waals surface area contributed by atoms with Crippen molar-refractivity contribution in [1.29, 1.82) is 0 Å². The Bertz CT molecular complexity index is 2720. The molecule has 0 fully saturated rings. The number of benzene rings is 7. The summed E-state index contributed by atoms with van der Waals surface area (Å²) in [4.78, 5) is 0. The predicted octanol–water partition coefficient (Wildman–Crippen LogP) is 9.50.